The van der Waals surface area contributed by atoms with Crippen molar-refractivity contribution in [3.05, 3.63) is 0 Å². The second-order valence-electron chi connectivity index (χ2n) is 5.46. The largest absolute Gasteiger partial charge is 0.389 e. The van der Waals surface area contributed by atoms with Gasteiger partial charge in [0, 0.05) is 32.3 Å². The predicted molar refractivity (Wildman–Crippen MR) is 76.7 cm³/mol. The predicted octanol–water partition coefficient (Wildman–Crippen LogP) is 1.61. The van der Waals surface area contributed by atoms with Crippen LogP contribution in [0, 0.1) is 0 Å². The zero-order chi connectivity index (χ0) is 14.2. The standard InChI is InChI=1S/C14H32N2O2/c1-6-13(7-2)16(8-9-18-5)12(3)10-14(4,17)11-15/h12-13,17H,6-11,15H2,1-5H3. The molecule has 0 aromatic carbocycles. The van der Waals surface area contributed by atoms with E-state index in [1.165, 1.54) is 0 Å². The summed E-state index contributed by atoms with van der Waals surface area (Å²) in [6, 6.07) is 0.854. The van der Waals surface area contributed by atoms with Crippen molar-refractivity contribution in [2.45, 2.75) is 64.6 Å². The van der Waals surface area contributed by atoms with Gasteiger partial charge in [-0.2, -0.15) is 0 Å². The molecule has 0 fully saturated rings. The number of hydrogen-bond donors (Lipinski definition) is 2. The highest BCUT2D eigenvalue weighted by molar-refractivity contribution is 4.83. The van der Waals surface area contributed by atoms with Gasteiger partial charge in [0.15, 0.2) is 0 Å². The lowest BCUT2D eigenvalue weighted by atomic mass is 9.95. The van der Waals surface area contributed by atoms with E-state index >= 15 is 0 Å². The summed E-state index contributed by atoms with van der Waals surface area (Å²) in [4.78, 5) is 2.44. The number of methoxy groups -OCH3 is 1. The Morgan fingerprint density at radius 3 is 2.28 bits per heavy atom. The van der Waals surface area contributed by atoms with Crippen molar-refractivity contribution in [2.24, 2.45) is 5.73 Å². The molecular weight excluding hydrogens is 228 g/mol. The van der Waals surface area contributed by atoms with Gasteiger partial charge in [0.25, 0.3) is 0 Å². The second kappa shape index (κ2) is 8.86. The third-order valence-corrected chi connectivity index (χ3v) is 3.71. The Bertz CT molecular complexity index is 206. The fraction of sp³-hybridized carbons (Fsp3) is 1.00. The summed E-state index contributed by atoms with van der Waals surface area (Å²) >= 11 is 0. The van der Waals surface area contributed by atoms with Gasteiger partial charge in [0.1, 0.15) is 0 Å². The molecular formula is C14H32N2O2. The van der Waals surface area contributed by atoms with Crippen molar-refractivity contribution < 1.29 is 9.84 Å². The summed E-state index contributed by atoms with van der Waals surface area (Å²) in [6.45, 7) is 10.3. The first-order valence-electron chi connectivity index (χ1n) is 7.08. The molecule has 0 rings (SSSR count). The van der Waals surface area contributed by atoms with Crippen LogP contribution >= 0.6 is 0 Å². The second-order valence-corrected chi connectivity index (χ2v) is 5.46. The van der Waals surface area contributed by atoms with E-state index in [9.17, 15) is 5.11 Å². The Balaban J connectivity index is 4.62. The molecule has 0 aromatic rings. The van der Waals surface area contributed by atoms with Crippen LogP contribution in [0.3, 0.4) is 0 Å². The first kappa shape index (κ1) is 17.8. The number of nitrogens with two attached hydrogens (primary N) is 1. The van der Waals surface area contributed by atoms with E-state index in [1.54, 1.807) is 7.11 Å². The van der Waals surface area contributed by atoms with Crippen molar-refractivity contribution in [1.82, 2.24) is 4.90 Å². The van der Waals surface area contributed by atoms with E-state index in [0.29, 0.717) is 25.0 Å². The van der Waals surface area contributed by atoms with Crippen molar-refractivity contribution in [3.8, 4) is 0 Å². The fourth-order valence-electron chi connectivity index (χ4n) is 2.55. The first-order chi connectivity index (χ1) is 8.41. The number of nitrogens with zero attached hydrogens (tertiary/aromatic N) is 1. The van der Waals surface area contributed by atoms with E-state index in [2.05, 4.69) is 25.7 Å². The summed E-state index contributed by atoms with van der Waals surface area (Å²) < 4.78 is 5.19. The topological polar surface area (TPSA) is 58.7 Å². The fourth-order valence-corrected chi connectivity index (χ4v) is 2.55. The molecule has 2 unspecified atom stereocenters. The summed E-state index contributed by atoms with van der Waals surface area (Å²) in [6.07, 6.45) is 2.94. The molecule has 0 aliphatic carbocycles. The molecule has 0 radical (unpaired) electrons. The lowest BCUT2D eigenvalue weighted by molar-refractivity contribution is 0.00929. The third-order valence-electron chi connectivity index (χ3n) is 3.71. The summed E-state index contributed by atoms with van der Waals surface area (Å²) in [7, 11) is 1.73. The summed E-state index contributed by atoms with van der Waals surface area (Å²) in [5.41, 5.74) is 4.82. The highest BCUT2D eigenvalue weighted by atomic mass is 16.5. The lowest BCUT2D eigenvalue weighted by Crippen LogP contribution is -2.48. The SMILES string of the molecule is CCC(CC)N(CCOC)C(C)CC(C)(O)CN. The highest BCUT2D eigenvalue weighted by Gasteiger charge is 2.27. The molecule has 4 heteroatoms. The van der Waals surface area contributed by atoms with Crippen LogP contribution in [0.4, 0.5) is 0 Å². The average Bonchev–Trinajstić information content (AvgIpc) is 2.33. The Labute approximate surface area is 112 Å². The maximum atomic E-state index is 10.1. The zero-order valence-corrected chi connectivity index (χ0v) is 12.8. The van der Waals surface area contributed by atoms with Crippen LogP contribution in [0.25, 0.3) is 0 Å². The van der Waals surface area contributed by atoms with Gasteiger partial charge < -0.3 is 15.6 Å². The Morgan fingerprint density at radius 2 is 1.89 bits per heavy atom. The number of aliphatic hydroxyl groups is 1. The van der Waals surface area contributed by atoms with Crippen LogP contribution in [0.1, 0.15) is 47.0 Å². The third kappa shape index (κ3) is 6.14. The van der Waals surface area contributed by atoms with E-state index in [-0.39, 0.29) is 0 Å². The molecule has 0 spiro atoms. The van der Waals surface area contributed by atoms with Gasteiger partial charge in [-0.15, -0.1) is 0 Å². The molecule has 18 heavy (non-hydrogen) atoms. The van der Waals surface area contributed by atoms with Crippen LogP contribution in [0.15, 0.2) is 0 Å². The monoisotopic (exact) mass is 260 g/mol. The Morgan fingerprint density at radius 1 is 1.33 bits per heavy atom. The van der Waals surface area contributed by atoms with Gasteiger partial charge in [0.2, 0.25) is 0 Å². The van der Waals surface area contributed by atoms with Crippen LogP contribution in [-0.2, 0) is 4.74 Å². The molecule has 110 valence electrons. The molecule has 0 aliphatic heterocycles. The molecule has 3 N–H and O–H groups in total. The highest BCUT2D eigenvalue weighted by Crippen LogP contribution is 2.19. The quantitative estimate of drug-likeness (QED) is 0.626. The molecule has 0 bridgehead atoms. The van der Waals surface area contributed by atoms with Crippen LogP contribution in [-0.4, -0.2) is 54.5 Å². The minimum atomic E-state index is -0.781. The van der Waals surface area contributed by atoms with Crippen molar-refractivity contribution in [2.75, 3.05) is 26.8 Å². The first-order valence-corrected chi connectivity index (χ1v) is 7.08. The van der Waals surface area contributed by atoms with Gasteiger partial charge in [-0.05, 0) is 33.1 Å². The molecule has 2 atom stereocenters. The summed E-state index contributed by atoms with van der Waals surface area (Å²) in [5.74, 6) is 0. The zero-order valence-electron chi connectivity index (χ0n) is 12.8. The van der Waals surface area contributed by atoms with Crippen LogP contribution < -0.4 is 5.73 Å². The molecule has 4 nitrogen and oxygen atoms in total. The van der Waals surface area contributed by atoms with E-state index in [1.807, 2.05) is 6.92 Å². The molecule has 0 aliphatic rings. The molecule has 0 amide bonds. The van der Waals surface area contributed by atoms with Crippen LogP contribution in [0.5, 0.6) is 0 Å². The van der Waals surface area contributed by atoms with Crippen molar-refractivity contribution >= 4 is 0 Å². The van der Waals surface area contributed by atoms with E-state index in [4.69, 9.17) is 10.5 Å². The number of rotatable bonds is 10. The van der Waals surface area contributed by atoms with Gasteiger partial charge in [-0.1, -0.05) is 13.8 Å². The Hall–Kier alpha value is -0.160. The van der Waals surface area contributed by atoms with E-state index in [0.717, 1.165) is 26.0 Å². The maximum Gasteiger partial charge on any atom is 0.0756 e. The number of ether oxygens (including phenoxy) is 1. The van der Waals surface area contributed by atoms with Crippen LogP contribution in [0.2, 0.25) is 0 Å². The maximum absolute atomic E-state index is 10.1. The smallest absolute Gasteiger partial charge is 0.0756 e. The lowest BCUT2D eigenvalue weighted by Gasteiger charge is -2.38. The molecule has 0 aromatic heterocycles. The van der Waals surface area contributed by atoms with Gasteiger partial charge >= 0.3 is 0 Å². The minimum absolute atomic E-state index is 0.304. The van der Waals surface area contributed by atoms with Gasteiger partial charge in [-0.3, -0.25) is 4.90 Å². The van der Waals surface area contributed by atoms with Gasteiger partial charge in [-0.25, -0.2) is 0 Å². The summed E-state index contributed by atoms with van der Waals surface area (Å²) in [5, 5.41) is 10.1. The molecule has 0 saturated heterocycles. The molecule has 0 saturated carbocycles. The Kier molecular flexibility index (Phi) is 8.78. The van der Waals surface area contributed by atoms with Crippen molar-refractivity contribution in [1.29, 1.82) is 0 Å². The van der Waals surface area contributed by atoms with E-state index < -0.39 is 5.60 Å². The number of hydrogen-bond acceptors (Lipinski definition) is 4. The van der Waals surface area contributed by atoms with Crippen molar-refractivity contribution in [3.63, 3.8) is 0 Å². The van der Waals surface area contributed by atoms with Gasteiger partial charge in [0.05, 0.1) is 12.2 Å². The average molecular weight is 260 g/mol. The minimum Gasteiger partial charge on any atom is -0.389 e. The molecule has 0 heterocycles. The normalized spacial score (nSPS) is 17.2.